The number of carbonyl (C=O) groups is 2. The normalized spacial score (nSPS) is 10.5. The summed E-state index contributed by atoms with van der Waals surface area (Å²) >= 11 is 8.76. The fourth-order valence-electron chi connectivity index (χ4n) is 2.49. The number of rotatable bonds is 5. The number of nitrogens with one attached hydrogen (secondary N) is 1. The van der Waals surface area contributed by atoms with Crippen LogP contribution in [0.1, 0.15) is 19.3 Å². The lowest BCUT2D eigenvalue weighted by atomic mass is 10.2. The second kappa shape index (κ2) is 8.57. The number of aromatic nitrogens is 1. The van der Waals surface area contributed by atoms with Gasteiger partial charge in [-0.2, -0.15) is 0 Å². The molecule has 2 aromatic carbocycles. The summed E-state index contributed by atoms with van der Waals surface area (Å²) in [5.41, 5.74) is 1.38. The number of thiophene rings is 1. The van der Waals surface area contributed by atoms with E-state index in [-0.39, 0.29) is 5.91 Å². The summed E-state index contributed by atoms with van der Waals surface area (Å²) in [7, 11) is 0. The van der Waals surface area contributed by atoms with E-state index in [1.165, 1.54) is 28.9 Å². The van der Waals surface area contributed by atoms with Crippen LogP contribution in [0.4, 0.5) is 5.69 Å². The molecule has 0 saturated heterocycles. The Kier molecular flexibility index (Phi) is 5.71. The maximum absolute atomic E-state index is 12.4. The van der Waals surface area contributed by atoms with Gasteiger partial charge in [-0.1, -0.05) is 35.9 Å². The predicted molar refractivity (Wildman–Crippen MR) is 116 cm³/mol. The van der Waals surface area contributed by atoms with Gasteiger partial charge in [0.05, 0.1) is 16.1 Å². The van der Waals surface area contributed by atoms with E-state index in [0.29, 0.717) is 31.2 Å². The summed E-state index contributed by atoms with van der Waals surface area (Å²) in [6, 6.07) is 17.5. The molecule has 1 N–H and O–H groups in total. The van der Waals surface area contributed by atoms with Crippen LogP contribution in [0.5, 0.6) is 5.75 Å². The van der Waals surface area contributed by atoms with Crippen LogP contribution >= 0.6 is 34.3 Å². The third-order valence-corrected chi connectivity index (χ3v) is 6.09. The van der Waals surface area contributed by atoms with E-state index < -0.39 is 5.97 Å². The number of anilines is 1. The average Bonchev–Trinajstić information content (AvgIpc) is 3.42. The Bertz CT molecular complexity index is 1150. The minimum Gasteiger partial charge on any atom is -0.422 e. The smallest absolute Gasteiger partial charge is 0.355 e. The standard InChI is InChI=1S/C21H13ClN2O3S2/c22-16-5-2-1-4-15(16)20-23-12-18(29-20)21(26)27-14-9-7-13(8-10-14)24-19(25)17-6-3-11-28-17/h1-12H,(H,24,25). The summed E-state index contributed by atoms with van der Waals surface area (Å²) in [5.74, 6) is -0.311. The molecule has 0 bridgehead atoms. The van der Waals surface area contributed by atoms with E-state index in [1.807, 2.05) is 29.6 Å². The molecule has 2 heterocycles. The third kappa shape index (κ3) is 4.54. The average molecular weight is 441 g/mol. The maximum atomic E-state index is 12.4. The SMILES string of the molecule is O=C(Nc1ccc(OC(=O)c2cnc(-c3ccccc3Cl)s2)cc1)c1cccs1. The van der Waals surface area contributed by atoms with E-state index in [0.717, 1.165) is 5.56 Å². The topological polar surface area (TPSA) is 68.3 Å². The zero-order chi connectivity index (χ0) is 20.2. The molecule has 0 fully saturated rings. The van der Waals surface area contributed by atoms with Crippen LogP contribution in [0.2, 0.25) is 5.02 Å². The molecule has 29 heavy (non-hydrogen) atoms. The van der Waals surface area contributed by atoms with Gasteiger partial charge in [-0.05, 0) is 41.8 Å². The molecule has 0 spiro atoms. The first-order chi connectivity index (χ1) is 14.1. The Morgan fingerprint density at radius 2 is 1.76 bits per heavy atom. The number of nitrogens with zero attached hydrogens (tertiary/aromatic N) is 1. The molecule has 4 rings (SSSR count). The van der Waals surface area contributed by atoms with Gasteiger partial charge in [0.25, 0.3) is 5.91 Å². The van der Waals surface area contributed by atoms with Crippen LogP contribution < -0.4 is 10.1 Å². The number of amides is 1. The molecule has 0 unspecified atom stereocenters. The number of benzene rings is 2. The molecule has 0 saturated carbocycles. The lowest BCUT2D eigenvalue weighted by Crippen LogP contribution is -2.10. The lowest BCUT2D eigenvalue weighted by Gasteiger charge is -2.06. The van der Waals surface area contributed by atoms with E-state index in [2.05, 4.69) is 10.3 Å². The molecular weight excluding hydrogens is 428 g/mol. The first-order valence-electron chi connectivity index (χ1n) is 8.48. The van der Waals surface area contributed by atoms with Gasteiger partial charge in [0.1, 0.15) is 15.6 Å². The number of ether oxygens (including phenoxy) is 1. The fourth-order valence-corrected chi connectivity index (χ4v) is 4.22. The fraction of sp³-hybridized carbons (Fsp3) is 0. The van der Waals surface area contributed by atoms with Gasteiger partial charge >= 0.3 is 5.97 Å². The van der Waals surface area contributed by atoms with Crippen LogP contribution in [-0.4, -0.2) is 16.9 Å². The third-order valence-electron chi connectivity index (χ3n) is 3.88. The van der Waals surface area contributed by atoms with Crippen molar-refractivity contribution in [2.24, 2.45) is 0 Å². The van der Waals surface area contributed by atoms with Crippen LogP contribution in [0.15, 0.2) is 72.2 Å². The first-order valence-corrected chi connectivity index (χ1v) is 10.6. The molecule has 5 nitrogen and oxygen atoms in total. The number of thiazole rings is 1. The number of hydrogen-bond acceptors (Lipinski definition) is 6. The van der Waals surface area contributed by atoms with Crippen molar-refractivity contribution in [2.75, 3.05) is 5.32 Å². The molecule has 8 heteroatoms. The van der Waals surface area contributed by atoms with Crippen LogP contribution in [0, 0.1) is 0 Å². The molecule has 0 atom stereocenters. The van der Waals surface area contributed by atoms with Gasteiger partial charge in [-0.15, -0.1) is 22.7 Å². The van der Waals surface area contributed by atoms with Crippen LogP contribution in [0.25, 0.3) is 10.6 Å². The highest BCUT2D eigenvalue weighted by Gasteiger charge is 2.15. The van der Waals surface area contributed by atoms with Crippen LogP contribution in [0.3, 0.4) is 0 Å². The van der Waals surface area contributed by atoms with Gasteiger partial charge in [-0.3, -0.25) is 4.79 Å². The highest BCUT2D eigenvalue weighted by molar-refractivity contribution is 7.16. The quantitative estimate of drug-likeness (QED) is 0.305. The monoisotopic (exact) mass is 440 g/mol. The summed E-state index contributed by atoms with van der Waals surface area (Å²) in [4.78, 5) is 29.7. The second-order valence-electron chi connectivity index (χ2n) is 5.85. The zero-order valence-corrected chi connectivity index (χ0v) is 17.2. The highest BCUT2D eigenvalue weighted by Crippen LogP contribution is 2.31. The molecular formula is C21H13ClN2O3S2. The molecule has 0 aliphatic carbocycles. The molecule has 4 aromatic rings. The number of halogens is 1. The van der Waals surface area contributed by atoms with E-state index in [4.69, 9.17) is 16.3 Å². The van der Waals surface area contributed by atoms with Gasteiger partial charge < -0.3 is 10.1 Å². The van der Waals surface area contributed by atoms with Gasteiger partial charge in [0, 0.05) is 11.3 Å². The number of hydrogen-bond donors (Lipinski definition) is 1. The molecule has 1 amide bonds. The lowest BCUT2D eigenvalue weighted by molar-refractivity contribution is 0.0739. The maximum Gasteiger partial charge on any atom is 0.355 e. The Hall–Kier alpha value is -3.00. The van der Waals surface area contributed by atoms with Gasteiger partial charge in [0.2, 0.25) is 0 Å². The first kappa shape index (κ1) is 19.3. The molecule has 0 aliphatic heterocycles. The Morgan fingerprint density at radius 3 is 2.48 bits per heavy atom. The van der Waals surface area contributed by atoms with Crippen molar-refractivity contribution < 1.29 is 14.3 Å². The zero-order valence-electron chi connectivity index (χ0n) is 14.8. The van der Waals surface area contributed by atoms with Crippen molar-refractivity contribution in [3.05, 3.63) is 87.0 Å². The number of esters is 1. The van der Waals surface area contributed by atoms with E-state index >= 15 is 0 Å². The number of carbonyl (C=O) groups excluding carboxylic acids is 2. The van der Waals surface area contributed by atoms with Crippen molar-refractivity contribution in [1.29, 1.82) is 0 Å². The van der Waals surface area contributed by atoms with Crippen molar-refractivity contribution in [1.82, 2.24) is 4.98 Å². The molecule has 0 radical (unpaired) electrons. The molecule has 0 aliphatic rings. The van der Waals surface area contributed by atoms with E-state index in [1.54, 1.807) is 36.4 Å². The van der Waals surface area contributed by atoms with Crippen molar-refractivity contribution in [3.63, 3.8) is 0 Å². The van der Waals surface area contributed by atoms with Gasteiger partial charge in [-0.25, -0.2) is 9.78 Å². The van der Waals surface area contributed by atoms with Crippen molar-refractivity contribution in [3.8, 4) is 16.3 Å². The summed E-state index contributed by atoms with van der Waals surface area (Å²) in [6.07, 6.45) is 1.47. The Labute approximate surface area is 179 Å². The minimum atomic E-state index is -0.504. The van der Waals surface area contributed by atoms with Gasteiger partial charge in [0.15, 0.2) is 0 Å². The molecule has 144 valence electrons. The Morgan fingerprint density at radius 1 is 0.966 bits per heavy atom. The summed E-state index contributed by atoms with van der Waals surface area (Å²) in [5, 5.41) is 5.85. The van der Waals surface area contributed by atoms with Crippen molar-refractivity contribution in [2.45, 2.75) is 0 Å². The summed E-state index contributed by atoms with van der Waals surface area (Å²) < 4.78 is 5.40. The minimum absolute atomic E-state index is 0.179. The second-order valence-corrected chi connectivity index (χ2v) is 8.24. The van der Waals surface area contributed by atoms with Crippen LogP contribution in [-0.2, 0) is 0 Å². The molecule has 2 aromatic heterocycles. The highest BCUT2D eigenvalue weighted by atomic mass is 35.5. The summed E-state index contributed by atoms with van der Waals surface area (Å²) in [6.45, 7) is 0. The largest absolute Gasteiger partial charge is 0.422 e. The predicted octanol–water partition coefficient (Wildman–Crippen LogP) is 6.00. The van der Waals surface area contributed by atoms with E-state index in [9.17, 15) is 9.59 Å². The Balaban J connectivity index is 1.41. The van der Waals surface area contributed by atoms with Crippen molar-refractivity contribution >= 4 is 51.8 Å².